The van der Waals surface area contributed by atoms with Gasteiger partial charge in [-0.2, -0.15) is 0 Å². The molecule has 0 fully saturated rings. The maximum Gasteiger partial charge on any atom is 0.159 e. The van der Waals surface area contributed by atoms with Crippen LogP contribution in [-0.4, -0.2) is 0 Å². The number of para-hydroxylation sites is 6. The highest BCUT2D eigenvalue weighted by molar-refractivity contribution is 7.25. The van der Waals surface area contributed by atoms with Gasteiger partial charge in [0.1, 0.15) is 11.2 Å². The highest BCUT2D eigenvalue weighted by Crippen LogP contribution is 2.50. The van der Waals surface area contributed by atoms with Crippen molar-refractivity contribution in [3.8, 4) is 22.3 Å². The number of hydrogen-bond donors (Lipinski definition) is 0. The number of nitrogens with zero attached hydrogens (tertiary/aromatic N) is 3. The Labute approximate surface area is 454 Å². The van der Waals surface area contributed by atoms with Crippen molar-refractivity contribution < 1.29 is 8.83 Å². The van der Waals surface area contributed by atoms with Gasteiger partial charge in [-0.1, -0.05) is 176 Å². The third-order valence-electron chi connectivity index (χ3n) is 15.0. The van der Waals surface area contributed by atoms with Gasteiger partial charge in [-0.05, 0) is 131 Å². The van der Waals surface area contributed by atoms with Crippen LogP contribution in [0.4, 0.5) is 51.2 Å². The van der Waals surface area contributed by atoms with E-state index in [-0.39, 0.29) is 0 Å². The van der Waals surface area contributed by atoms with E-state index in [0.29, 0.717) is 0 Å². The minimum Gasteiger partial charge on any atom is -0.454 e. The summed E-state index contributed by atoms with van der Waals surface area (Å²) in [5, 5.41) is 6.82. The van der Waals surface area contributed by atoms with Gasteiger partial charge in [-0.3, -0.25) is 0 Å². The first-order chi connectivity index (χ1) is 38.7. The number of benzene rings is 12. The minimum atomic E-state index is 0.805. The van der Waals surface area contributed by atoms with Gasteiger partial charge in [0.15, 0.2) is 11.2 Å². The Bertz CT molecular complexity index is 4510. The third kappa shape index (κ3) is 7.85. The monoisotopic (exact) mass is 1020 g/mol. The van der Waals surface area contributed by atoms with Gasteiger partial charge in [-0.25, -0.2) is 0 Å². The summed E-state index contributed by atoms with van der Waals surface area (Å²) >= 11 is 1.85. The lowest BCUT2D eigenvalue weighted by molar-refractivity contribution is 0.669. The van der Waals surface area contributed by atoms with Crippen molar-refractivity contribution >= 4 is 127 Å². The van der Waals surface area contributed by atoms with Crippen LogP contribution in [-0.2, 0) is 0 Å². The van der Waals surface area contributed by atoms with E-state index in [9.17, 15) is 0 Å². The second-order valence-electron chi connectivity index (χ2n) is 19.7. The van der Waals surface area contributed by atoms with Gasteiger partial charge >= 0.3 is 0 Å². The van der Waals surface area contributed by atoms with Crippen molar-refractivity contribution in [2.75, 3.05) is 14.7 Å². The quantitative estimate of drug-likeness (QED) is 0.129. The Balaban J connectivity index is 0.987. The molecule has 12 aromatic carbocycles. The highest BCUT2D eigenvalue weighted by Gasteiger charge is 2.26. The standard InChI is InChI=1S/C72H47N3O2S/c1-4-18-48(19-5-1)49-34-39-54(40-35-49)73(55-41-36-50(37-42-55)51-38-43-70-64(44-51)61-26-12-15-33-69(61)78-70)56-45-57(74(52-20-6-2-7-21-52)65-29-16-27-62-59-24-10-13-31-67(59)76-71(62)65)47-58(46-56)75(53-22-8-3-9-23-53)66-30-17-28-63-60-25-11-14-32-68(60)77-72(63)66/h1-47H. The molecule has 0 saturated heterocycles. The summed E-state index contributed by atoms with van der Waals surface area (Å²) in [5.74, 6) is 0. The van der Waals surface area contributed by atoms with E-state index < -0.39 is 0 Å². The summed E-state index contributed by atoms with van der Waals surface area (Å²) in [6, 6.07) is 102. The largest absolute Gasteiger partial charge is 0.454 e. The molecule has 368 valence electrons. The molecule has 15 aromatic rings. The van der Waals surface area contributed by atoms with Crippen LogP contribution >= 0.6 is 11.3 Å². The van der Waals surface area contributed by atoms with Gasteiger partial charge in [-0.15, -0.1) is 11.3 Å². The fraction of sp³-hybridized carbons (Fsp3) is 0. The number of fused-ring (bicyclic) bond motifs is 9. The first-order valence-corrected chi connectivity index (χ1v) is 27.1. The van der Waals surface area contributed by atoms with Crippen molar-refractivity contribution in [3.05, 3.63) is 285 Å². The maximum absolute atomic E-state index is 6.88. The first kappa shape index (κ1) is 45.3. The molecular formula is C72H47N3O2S. The highest BCUT2D eigenvalue weighted by atomic mass is 32.1. The van der Waals surface area contributed by atoms with Crippen molar-refractivity contribution in [1.29, 1.82) is 0 Å². The molecule has 0 unspecified atom stereocenters. The van der Waals surface area contributed by atoms with E-state index in [1.54, 1.807) is 0 Å². The molecule has 0 aliphatic carbocycles. The fourth-order valence-corrected chi connectivity index (χ4v) is 12.5. The van der Waals surface area contributed by atoms with E-state index in [0.717, 1.165) is 112 Å². The van der Waals surface area contributed by atoms with Gasteiger partial charge in [0.2, 0.25) is 0 Å². The predicted octanol–water partition coefficient (Wildman–Crippen LogP) is 21.6. The molecule has 78 heavy (non-hydrogen) atoms. The van der Waals surface area contributed by atoms with Crippen LogP contribution < -0.4 is 14.7 Å². The van der Waals surface area contributed by atoms with Gasteiger partial charge < -0.3 is 23.5 Å². The lowest BCUT2D eigenvalue weighted by atomic mass is 10.0. The Morgan fingerprint density at radius 3 is 1.15 bits per heavy atom. The predicted molar refractivity (Wildman–Crippen MR) is 329 cm³/mol. The van der Waals surface area contributed by atoms with Gasteiger partial charge in [0.05, 0.1) is 28.4 Å². The second kappa shape index (κ2) is 18.9. The van der Waals surface area contributed by atoms with Crippen molar-refractivity contribution in [3.63, 3.8) is 0 Å². The third-order valence-corrected chi connectivity index (χ3v) is 16.2. The lowest BCUT2D eigenvalue weighted by Crippen LogP contribution is -2.16. The van der Waals surface area contributed by atoms with Crippen LogP contribution in [0, 0.1) is 0 Å². The van der Waals surface area contributed by atoms with Crippen LogP contribution in [0.3, 0.4) is 0 Å². The molecule has 0 amide bonds. The van der Waals surface area contributed by atoms with Crippen molar-refractivity contribution in [2.24, 2.45) is 0 Å². The normalized spacial score (nSPS) is 11.6. The van der Waals surface area contributed by atoms with Crippen LogP contribution in [0.5, 0.6) is 0 Å². The van der Waals surface area contributed by atoms with Gasteiger partial charge in [0, 0.05) is 64.5 Å². The molecule has 0 saturated carbocycles. The molecule has 3 heterocycles. The van der Waals surface area contributed by atoms with Crippen LogP contribution in [0.1, 0.15) is 0 Å². The van der Waals surface area contributed by atoms with Crippen molar-refractivity contribution in [2.45, 2.75) is 0 Å². The zero-order valence-corrected chi connectivity index (χ0v) is 43.0. The second-order valence-corrected chi connectivity index (χ2v) is 20.7. The average Bonchev–Trinajstić information content (AvgIpc) is 4.22. The number of thiophene rings is 1. The number of rotatable bonds is 11. The first-order valence-electron chi connectivity index (χ1n) is 26.3. The lowest BCUT2D eigenvalue weighted by Gasteiger charge is -2.33. The molecule has 0 spiro atoms. The molecule has 0 bridgehead atoms. The molecule has 0 aliphatic rings. The molecule has 0 radical (unpaired) electrons. The molecule has 3 aromatic heterocycles. The molecule has 5 nitrogen and oxygen atoms in total. The number of hydrogen-bond acceptors (Lipinski definition) is 6. The van der Waals surface area contributed by atoms with E-state index in [4.69, 9.17) is 8.83 Å². The average molecular weight is 1020 g/mol. The zero-order valence-electron chi connectivity index (χ0n) is 42.2. The Hall–Kier alpha value is -10.1. The van der Waals surface area contributed by atoms with E-state index in [1.165, 1.54) is 25.7 Å². The topological polar surface area (TPSA) is 36.0 Å². The number of furan rings is 2. The Morgan fingerprint density at radius 2 is 0.615 bits per heavy atom. The van der Waals surface area contributed by atoms with Crippen LogP contribution in [0.25, 0.3) is 86.3 Å². The van der Waals surface area contributed by atoms with E-state index in [2.05, 4.69) is 288 Å². The molecule has 0 aliphatic heterocycles. The minimum absolute atomic E-state index is 0.805. The molecule has 0 atom stereocenters. The molecule has 15 rings (SSSR count). The maximum atomic E-state index is 6.88. The summed E-state index contributed by atoms with van der Waals surface area (Å²) in [5.41, 5.74) is 16.5. The summed E-state index contributed by atoms with van der Waals surface area (Å²) in [6.07, 6.45) is 0. The SMILES string of the molecule is c1ccc(-c2ccc(N(c3ccc(-c4ccc5sc6ccccc6c5c4)cc3)c3cc(N(c4ccccc4)c4cccc5c4oc4ccccc45)cc(N(c4ccccc4)c4cccc5c4oc4ccccc45)c3)cc2)cc1. The summed E-state index contributed by atoms with van der Waals surface area (Å²) < 4.78 is 16.3. The Kier molecular flexibility index (Phi) is 11.0. The van der Waals surface area contributed by atoms with Gasteiger partial charge in [0.25, 0.3) is 0 Å². The van der Waals surface area contributed by atoms with Crippen LogP contribution in [0.15, 0.2) is 294 Å². The molecule has 6 heteroatoms. The fourth-order valence-electron chi connectivity index (χ4n) is 11.4. The Morgan fingerprint density at radius 1 is 0.231 bits per heavy atom. The summed E-state index contributed by atoms with van der Waals surface area (Å²) in [6.45, 7) is 0. The molecular weight excluding hydrogens is 971 g/mol. The summed E-state index contributed by atoms with van der Waals surface area (Å²) in [4.78, 5) is 7.07. The van der Waals surface area contributed by atoms with Crippen molar-refractivity contribution in [1.82, 2.24) is 0 Å². The van der Waals surface area contributed by atoms with Crippen LogP contribution in [0.2, 0.25) is 0 Å². The van der Waals surface area contributed by atoms with E-state index >= 15 is 0 Å². The molecule has 0 N–H and O–H groups in total. The van der Waals surface area contributed by atoms with E-state index in [1.807, 2.05) is 23.5 Å². The summed E-state index contributed by atoms with van der Waals surface area (Å²) in [7, 11) is 0. The smallest absolute Gasteiger partial charge is 0.159 e. The zero-order chi connectivity index (χ0) is 51.5. The number of anilines is 9.